The molecule has 1 aromatic carbocycles. The number of aromatic nitrogens is 4. The number of nitrogens with zero attached hydrogens (tertiary/aromatic N) is 4. The quantitative estimate of drug-likeness (QED) is 0.754. The van der Waals surface area contributed by atoms with Gasteiger partial charge in [0.25, 0.3) is 0 Å². The standard InChI is InChI=1S/C10H9ClN4O/c1-15-13-10(12-14-15)6-9(16)7-2-4-8(11)5-3-7/h2-5H,6H2,1H3. The first-order chi connectivity index (χ1) is 7.65. The van der Waals surface area contributed by atoms with Crippen molar-refractivity contribution in [1.82, 2.24) is 20.2 Å². The van der Waals surface area contributed by atoms with Gasteiger partial charge in [0.15, 0.2) is 11.6 Å². The van der Waals surface area contributed by atoms with Gasteiger partial charge in [-0.25, -0.2) is 0 Å². The van der Waals surface area contributed by atoms with Gasteiger partial charge in [0.1, 0.15) is 0 Å². The number of carbonyl (C=O) groups excluding carboxylic acids is 1. The number of halogens is 1. The Labute approximate surface area is 97.0 Å². The van der Waals surface area contributed by atoms with Crippen LogP contribution in [-0.2, 0) is 13.5 Å². The van der Waals surface area contributed by atoms with Crippen LogP contribution in [0.25, 0.3) is 0 Å². The van der Waals surface area contributed by atoms with Crippen LogP contribution in [0.5, 0.6) is 0 Å². The molecular formula is C10H9ClN4O. The normalized spacial score (nSPS) is 10.4. The van der Waals surface area contributed by atoms with Gasteiger partial charge < -0.3 is 0 Å². The molecule has 5 nitrogen and oxygen atoms in total. The molecule has 16 heavy (non-hydrogen) atoms. The molecule has 0 amide bonds. The minimum Gasteiger partial charge on any atom is -0.294 e. The highest BCUT2D eigenvalue weighted by Crippen LogP contribution is 2.11. The summed E-state index contributed by atoms with van der Waals surface area (Å²) in [6, 6.07) is 6.72. The molecule has 0 unspecified atom stereocenters. The number of rotatable bonds is 3. The molecule has 0 aliphatic carbocycles. The van der Waals surface area contributed by atoms with Gasteiger partial charge in [0, 0.05) is 10.6 Å². The molecule has 0 aliphatic rings. The molecule has 0 aliphatic heterocycles. The molecule has 2 rings (SSSR count). The Morgan fingerprint density at radius 1 is 1.38 bits per heavy atom. The van der Waals surface area contributed by atoms with E-state index in [1.165, 1.54) is 4.80 Å². The molecule has 0 fully saturated rings. The third-order valence-electron chi connectivity index (χ3n) is 2.03. The second kappa shape index (κ2) is 4.40. The van der Waals surface area contributed by atoms with Crippen molar-refractivity contribution >= 4 is 17.4 Å². The molecule has 82 valence electrons. The monoisotopic (exact) mass is 236 g/mol. The van der Waals surface area contributed by atoms with Crippen molar-refractivity contribution in [3.05, 3.63) is 40.7 Å². The van der Waals surface area contributed by atoms with E-state index < -0.39 is 0 Å². The van der Waals surface area contributed by atoms with Crippen molar-refractivity contribution in [3.8, 4) is 0 Å². The van der Waals surface area contributed by atoms with Crippen LogP contribution in [0.1, 0.15) is 16.2 Å². The predicted octanol–water partition coefficient (Wildman–Crippen LogP) is 1.29. The van der Waals surface area contributed by atoms with E-state index in [0.29, 0.717) is 16.4 Å². The topological polar surface area (TPSA) is 60.7 Å². The van der Waals surface area contributed by atoms with Crippen LogP contribution in [0, 0.1) is 0 Å². The number of ketones is 1. The molecule has 1 heterocycles. The molecule has 0 saturated heterocycles. The molecule has 2 aromatic rings. The second-order valence-electron chi connectivity index (χ2n) is 3.30. The van der Waals surface area contributed by atoms with Gasteiger partial charge in [0.05, 0.1) is 13.5 Å². The fourth-order valence-corrected chi connectivity index (χ4v) is 1.40. The van der Waals surface area contributed by atoms with Crippen LogP contribution in [-0.4, -0.2) is 26.0 Å². The maximum absolute atomic E-state index is 11.8. The Kier molecular flexibility index (Phi) is 2.96. The maximum Gasteiger partial charge on any atom is 0.182 e. The average molecular weight is 237 g/mol. The summed E-state index contributed by atoms with van der Waals surface area (Å²) >= 11 is 5.73. The molecule has 0 N–H and O–H groups in total. The van der Waals surface area contributed by atoms with Crippen LogP contribution in [0.3, 0.4) is 0 Å². The summed E-state index contributed by atoms with van der Waals surface area (Å²) in [5, 5.41) is 12.0. The van der Waals surface area contributed by atoms with E-state index in [0.717, 1.165) is 0 Å². The van der Waals surface area contributed by atoms with Gasteiger partial charge in [0.2, 0.25) is 0 Å². The van der Waals surface area contributed by atoms with E-state index >= 15 is 0 Å². The zero-order valence-corrected chi connectivity index (χ0v) is 9.35. The first kappa shape index (κ1) is 10.8. The number of hydrogen-bond acceptors (Lipinski definition) is 4. The summed E-state index contributed by atoms with van der Waals surface area (Å²) in [5.41, 5.74) is 0.594. The molecular weight excluding hydrogens is 228 g/mol. The van der Waals surface area contributed by atoms with Gasteiger partial charge >= 0.3 is 0 Å². The lowest BCUT2D eigenvalue weighted by Crippen LogP contribution is -2.05. The van der Waals surface area contributed by atoms with Gasteiger partial charge in [-0.2, -0.15) is 4.80 Å². The Morgan fingerprint density at radius 2 is 2.06 bits per heavy atom. The zero-order chi connectivity index (χ0) is 11.5. The predicted molar refractivity (Wildman–Crippen MR) is 58.3 cm³/mol. The van der Waals surface area contributed by atoms with Gasteiger partial charge in [-0.05, 0) is 29.5 Å². The lowest BCUT2D eigenvalue weighted by Gasteiger charge is -1.97. The Hall–Kier alpha value is -1.75. The Morgan fingerprint density at radius 3 is 2.62 bits per heavy atom. The number of tetrazole rings is 1. The number of Topliss-reactive ketones (excluding diaryl/α,β-unsaturated/α-hetero) is 1. The van der Waals surface area contributed by atoms with E-state index in [1.807, 2.05) is 0 Å². The van der Waals surface area contributed by atoms with Crippen molar-refractivity contribution in [1.29, 1.82) is 0 Å². The summed E-state index contributed by atoms with van der Waals surface area (Å²) in [4.78, 5) is 13.1. The van der Waals surface area contributed by atoms with Crippen molar-refractivity contribution in [3.63, 3.8) is 0 Å². The van der Waals surface area contributed by atoms with Crippen molar-refractivity contribution < 1.29 is 4.79 Å². The third-order valence-corrected chi connectivity index (χ3v) is 2.29. The molecule has 0 spiro atoms. The lowest BCUT2D eigenvalue weighted by molar-refractivity contribution is 0.0990. The number of aryl methyl sites for hydroxylation is 1. The minimum atomic E-state index is -0.0512. The number of hydrogen-bond donors (Lipinski definition) is 0. The average Bonchev–Trinajstić information content (AvgIpc) is 2.65. The summed E-state index contributed by atoms with van der Waals surface area (Å²) in [7, 11) is 1.66. The summed E-state index contributed by atoms with van der Waals surface area (Å²) in [6.45, 7) is 0. The number of benzene rings is 1. The zero-order valence-electron chi connectivity index (χ0n) is 8.59. The van der Waals surface area contributed by atoms with E-state index in [1.54, 1.807) is 31.3 Å². The summed E-state index contributed by atoms with van der Waals surface area (Å²) < 4.78 is 0. The SMILES string of the molecule is Cn1nnc(CC(=O)c2ccc(Cl)cc2)n1. The molecule has 1 aromatic heterocycles. The molecule has 6 heteroatoms. The van der Waals surface area contributed by atoms with Crippen LogP contribution >= 0.6 is 11.6 Å². The molecule has 0 saturated carbocycles. The lowest BCUT2D eigenvalue weighted by atomic mass is 10.1. The van der Waals surface area contributed by atoms with Crippen molar-refractivity contribution in [2.75, 3.05) is 0 Å². The van der Waals surface area contributed by atoms with Gasteiger partial charge in [-0.15, -0.1) is 10.2 Å². The summed E-state index contributed by atoms with van der Waals surface area (Å²) in [6.07, 6.45) is 0.148. The summed E-state index contributed by atoms with van der Waals surface area (Å²) in [5.74, 6) is 0.368. The Bertz CT molecular complexity index is 506. The van der Waals surface area contributed by atoms with Crippen LogP contribution < -0.4 is 0 Å². The third kappa shape index (κ3) is 2.43. The van der Waals surface area contributed by atoms with Crippen LogP contribution in [0.2, 0.25) is 5.02 Å². The minimum absolute atomic E-state index is 0.0512. The van der Waals surface area contributed by atoms with Crippen molar-refractivity contribution in [2.24, 2.45) is 7.05 Å². The fourth-order valence-electron chi connectivity index (χ4n) is 1.28. The first-order valence-corrected chi connectivity index (χ1v) is 5.04. The largest absolute Gasteiger partial charge is 0.294 e. The second-order valence-corrected chi connectivity index (χ2v) is 3.74. The smallest absolute Gasteiger partial charge is 0.182 e. The van der Waals surface area contributed by atoms with E-state index in [-0.39, 0.29) is 12.2 Å². The Balaban J connectivity index is 2.11. The highest BCUT2D eigenvalue weighted by atomic mass is 35.5. The van der Waals surface area contributed by atoms with E-state index in [9.17, 15) is 4.79 Å². The van der Waals surface area contributed by atoms with E-state index in [4.69, 9.17) is 11.6 Å². The van der Waals surface area contributed by atoms with Crippen LogP contribution in [0.15, 0.2) is 24.3 Å². The molecule has 0 radical (unpaired) electrons. The van der Waals surface area contributed by atoms with Gasteiger partial charge in [-0.1, -0.05) is 11.6 Å². The molecule has 0 bridgehead atoms. The highest BCUT2D eigenvalue weighted by Gasteiger charge is 2.10. The number of carbonyl (C=O) groups is 1. The highest BCUT2D eigenvalue weighted by molar-refractivity contribution is 6.30. The maximum atomic E-state index is 11.8. The van der Waals surface area contributed by atoms with Crippen LogP contribution in [0.4, 0.5) is 0 Å². The fraction of sp³-hybridized carbons (Fsp3) is 0.200. The molecule has 0 atom stereocenters. The van der Waals surface area contributed by atoms with Crippen molar-refractivity contribution in [2.45, 2.75) is 6.42 Å². The van der Waals surface area contributed by atoms with E-state index in [2.05, 4.69) is 15.4 Å². The van der Waals surface area contributed by atoms with Gasteiger partial charge in [-0.3, -0.25) is 4.79 Å². The first-order valence-electron chi connectivity index (χ1n) is 4.67.